The van der Waals surface area contributed by atoms with Crippen LogP contribution in [0.1, 0.15) is 33.6 Å². The van der Waals surface area contributed by atoms with Crippen LogP contribution < -0.4 is 0 Å². The van der Waals surface area contributed by atoms with Gasteiger partial charge in [0.25, 0.3) is 0 Å². The van der Waals surface area contributed by atoms with Gasteiger partial charge in [0.05, 0.1) is 11.0 Å². The second kappa shape index (κ2) is 11.6. The molecule has 1 N–H and O–H groups in total. The predicted molar refractivity (Wildman–Crippen MR) is 162 cm³/mol. The molecular formula is C34H35N5O2. The number of imidazole rings is 1. The first kappa shape index (κ1) is 26.7. The topological polar surface area (TPSA) is 74.5 Å². The number of pyridine rings is 1. The second-order valence-corrected chi connectivity index (χ2v) is 11.0. The van der Waals surface area contributed by atoms with Gasteiger partial charge in [-0.1, -0.05) is 54.1 Å². The average molecular weight is 546 g/mol. The van der Waals surface area contributed by atoms with E-state index in [1.54, 1.807) is 0 Å². The molecule has 1 aliphatic heterocycles. The van der Waals surface area contributed by atoms with Crippen LogP contribution in [0.4, 0.5) is 4.79 Å². The third-order valence-corrected chi connectivity index (χ3v) is 8.11. The number of rotatable bonds is 7. The number of piperazine rings is 1. The summed E-state index contributed by atoms with van der Waals surface area (Å²) in [5.74, 6) is 1.04. The van der Waals surface area contributed by atoms with Crippen molar-refractivity contribution in [2.75, 3.05) is 26.2 Å². The lowest BCUT2D eigenvalue weighted by atomic mass is 10.0. The smallest absolute Gasteiger partial charge is 0.407 e. The fraction of sp³-hybridized carbons (Fsp3) is 0.265. The van der Waals surface area contributed by atoms with Crippen molar-refractivity contribution in [1.29, 1.82) is 0 Å². The van der Waals surface area contributed by atoms with Crippen LogP contribution in [0.3, 0.4) is 0 Å². The Morgan fingerprint density at radius 1 is 0.805 bits per heavy atom. The van der Waals surface area contributed by atoms with E-state index in [2.05, 4.69) is 101 Å². The van der Waals surface area contributed by atoms with Crippen molar-refractivity contribution in [3.63, 3.8) is 0 Å². The first-order valence-corrected chi connectivity index (χ1v) is 14.2. The molecule has 0 bridgehead atoms. The van der Waals surface area contributed by atoms with E-state index in [0.29, 0.717) is 13.1 Å². The normalized spacial score (nSPS) is 14.0. The zero-order valence-corrected chi connectivity index (χ0v) is 23.6. The summed E-state index contributed by atoms with van der Waals surface area (Å²) in [7, 11) is 0. The van der Waals surface area contributed by atoms with Gasteiger partial charge in [0.1, 0.15) is 5.82 Å². The van der Waals surface area contributed by atoms with Crippen molar-refractivity contribution in [2.24, 2.45) is 0 Å². The quantitative estimate of drug-likeness (QED) is 0.266. The highest BCUT2D eigenvalue weighted by molar-refractivity contribution is 5.83. The summed E-state index contributed by atoms with van der Waals surface area (Å²) < 4.78 is 2.37. The molecule has 0 radical (unpaired) electrons. The molecule has 208 valence electrons. The molecular weight excluding hydrogens is 510 g/mol. The van der Waals surface area contributed by atoms with Crippen LogP contribution >= 0.6 is 0 Å². The highest BCUT2D eigenvalue weighted by Crippen LogP contribution is 2.28. The number of amides is 1. The van der Waals surface area contributed by atoms with Crippen LogP contribution in [0.25, 0.3) is 22.2 Å². The van der Waals surface area contributed by atoms with Gasteiger partial charge in [0.15, 0.2) is 0 Å². The standard InChI is InChI=1S/C34H35N5O2/c1-24-3-4-25(2)30(19-24)23-39-32-21-29(9-10-31(32)36-33(39)20-26-11-13-35-14-12-26)28-7-5-27(6-8-28)22-37-15-17-38(18-16-37)34(40)41/h3-14,19,21H,15-18,20,22-23H2,1-2H3,(H,40,41). The Morgan fingerprint density at radius 2 is 1.54 bits per heavy atom. The van der Waals surface area contributed by atoms with Crippen LogP contribution in [0, 0.1) is 13.8 Å². The number of benzene rings is 3. The van der Waals surface area contributed by atoms with Gasteiger partial charge >= 0.3 is 6.09 Å². The maximum absolute atomic E-state index is 11.2. The average Bonchev–Trinajstić information content (AvgIpc) is 3.32. The molecule has 1 fully saturated rings. The van der Waals surface area contributed by atoms with Crippen LogP contribution in [0.5, 0.6) is 0 Å². The van der Waals surface area contributed by atoms with Gasteiger partial charge in [-0.3, -0.25) is 9.88 Å². The highest BCUT2D eigenvalue weighted by Gasteiger charge is 2.20. The SMILES string of the molecule is Cc1ccc(C)c(Cn2c(Cc3ccncc3)nc3ccc(-c4ccc(CN5CCN(C(=O)O)CC5)cc4)cc32)c1. The van der Waals surface area contributed by atoms with Gasteiger partial charge in [0.2, 0.25) is 0 Å². The fourth-order valence-corrected chi connectivity index (χ4v) is 5.65. The van der Waals surface area contributed by atoms with E-state index in [0.717, 1.165) is 55.0 Å². The minimum Gasteiger partial charge on any atom is -0.465 e. The highest BCUT2D eigenvalue weighted by atomic mass is 16.4. The molecule has 7 nitrogen and oxygen atoms in total. The van der Waals surface area contributed by atoms with Crippen molar-refractivity contribution in [3.8, 4) is 11.1 Å². The van der Waals surface area contributed by atoms with Crippen molar-refractivity contribution in [1.82, 2.24) is 24.3 Å². The zero-order valence-electron chi connectivity index (χ0n) is 23.6. The van der Waals surface area contributed by atoms with Gasteiger partial charge in [-0.05, 0) is 71.5 Å². The van der Waals surface area contributed by atoms with Gasteiger partial charge in [-0.15, -0.1) is 0 Å². The third kappa shape index (κ3) is 6.00. The van der Waals surface area contributed by atoms with E-state index >= 15 is 0 Å². The largest absolute Gasteiger partial charge is 0.465 e. The molecule has 3 heterocycles. The van der Waals surface area contributed by atoms with Gasteiger partial charge in [0, 0.05) is 58.1 Å². The summed E-state index contributed by atoms with van der Waals surface area (Å²) in [5, 5.41) is 9.20. The Balaban J connectivity index is 1.28. The maximum atomic E-state index is 11.2. The van der Waals surface area contributed by atoms with Crippen LogP contribution in [0.15, 0.2) is 85.2 Å². The zero-order chi connectivity index (χ0) is 28.3. The lowest BCUT2D eigenvalue weighted by Crippen LogP contribution is -2.47. The summed E-state index contributed by atoms with van der Waals surface area (Å²) in [6.07, 6.45) is 3.59. The van der Waals surface area contributed by atoms with Crippen molar-refractivity contribution < 1.29 is 9.90 Å². The van der Waals surface area contributed by atoms with Crippen molar-refractivity contribution >= 4 is 17.1 Å². The molecule has 0 spiro atoms. The van der Waals surface area contributed by atoms with Crippen LogP contribution in [0.2, 0.25) is 0 Å². The molecule has 0 unspecified atom stereocenters. The Labute approximate surface area is 240 Å². The monoisotopic (exact) mass is 545 g/mol. The van der Waals surface area contributed by atoms with Gasteiger partial charge in [-0.2, -0.15) is 0 Å². The van der Waals surface area contributed by atoms with Gasteiger partial charge < -0.3 is 14.6 Å². The first-order chi connectivity index (χ1) is 19.9. The summed E-state index contributed by atoms with van der Waals surface area (Å²) in [6, 6.07) is 26.1. The first-order valence-electron chi connectivity index (χ1n) is 14.2. The number of carboxylic acid groups (broad SMARTS) is 1. The molecule has 6 rings (SSSR count). The minimum absolute atomic E-state index is 0.562. The molecule has 41 heavy (non-hydrogen) atoms. The van der Waals surface area contributed by atoms with E-state index < -0.39 is 6.09 Å². The van der Waals surface area contributed by atoms with Gasteiger partial charge in [-0.25, -0.2) is 9.78 Å². The van der Waals surface area contributed by atoms with Crippen molar-refractivity contribution in [2.45, 2.75) is 33.4 Å². The molecule has 0 aliphatic carbocycles. The molecule has 2 aromatic heterocycles. The molecule has 0 atom stereocenters. The predicted octanol–water partition coefficient (Wildman–Crippen LogP) is 6.15. The lowest BCUT2D eigenvalue weighted by molar-refractivity contribution is 0.103. The molecule has 3 aromatic carbocycles. The van der Waals surface area contributed by atoms with E-state index in [4.69, 9.17) is 4.98 Å². The lowest BCUT2D eigenvalue weighted by Gasteiger charge is -2.33. The molecule has 7 heteroatoms. The number of hydrogen-bond donors (Lipinski definition) is 1. The number of aryl methyl sites for hydroxylation is 2. The third-order valence-electron chi connectivity index (χ3n) is 8.11. The number of aromatic nitrogens is 3. The van der Waals surface area contributed by atoms with E-state index in [-0.39, 0.29) is 0 Å². The molecule has 1 aliphatic rings. The number of carbonyl (C=O) groups is 1. The number of fused-ring (bicyclic) bond motifs is 1. The van der Waals surface area contributed by atoms with Crippen LogP contribution in [-0.4, -0.2) is 61.7 Å². The maximum Gasteiger partial charge on any atom is 0.407 e. The summed E-state index contributed by atoms with van der Waals surface area (Å²) in [6.45, 7) is 8.56. The summed E-state index contributed by atoms with van der Waals surface area (Å²) in [5.41, 5.74) is 10.7. The van der Waals surface area contributed by atoms with E-state index in [1.807, 2.05) is 12.4 Å². The Bertz CT molecular complexity index is 1670. The molecule has 1 amide bonds. The second-order valence-electron chi connectivity index (χ2n) is 11.0. The number of nitrogens with zero attached hydrogens (tertiary/aromatic N) is 5. The molecule has 5 aromatic rings. The summed E-state index contributed by atoms with van der Waals surface area (Å²) >= 11 is 0. The van der Waals surface area contributed by atoms with Crippen LogP contribution in [-0.2, 0) is 19.5 Å². The Kier molecular flexibility index (Phi) is 7.53. The Hall–Kier alpha value is -4.49. The van der Waals surface area contributed by atoms with Crippen molar-refractivity contribution in [3.05, 3.63) is 119 Å². The van der Waals surface area contributed by atoms with E-state index in [1.165, 1.54) is 38.3 Å². The molecule has 1 saturated heterocycles. The number of hydrogen-bond acceptors (Lipinski definition) is 4. The fourth-order valence-electron chi connectivity index (χ4n) is 5.65. The molecule has 0 saturated carbocycles. The minimum atomic E-state index is -0.828. The Morgan fingerprint density at radius 3 is 2.27 bits per heavy atom. The van der Waals surface area contributed by atoms with E-state index in [9.17, 15) is 9.90 Å². The summed E-state index contributed by atoms with van der Waals surface area (Å²) in [4.78, 5) is 24.3.